The molecule has 25 heavy (non-hydrogen) atoms. The average molecular weight is 343 g/mol. The molecule has 0 saturated heterocycles. The van der Waals surface area contributed by atoms with E-state index in [4.69, 9.17) is 12.6 Å². The number of hydrogen-bond acceptors (Lipinski definition) is 1. The summed E-state index contributed by atoms with van der Waals surface area (Å²) in [6, 6.07) is 0. The minimum Gasteiger partial charge on any atom is -0.175 e. The maximum Gasteiger partial charge on any atom is 0.00878 e. The van der Waals surface area contributed by atoms with Crippen LogP contribution in [0.15, 0.2) is 0 Å². The molecule has 0 radical (unpaired) electrons. The maximum absolute atomic E-state index is 5.18. The molecule has 0 aromatic heterocycles. The fourth-order valence-electron chi connectivity index (χ4n) is 20.1. The molecule has 14 aliphatic rings. The van der Waals surface area contributed by atoms with E-state index in [9.17, 15) is 0 Å². The Morgan fingerprint density at radius 3 is 1.64 bits per heavy atom. The van der Waals surface area contributed by atoms with Gasteiger partial charge in [-0.15, -0.1) is 0 Å². The Kier molecular flexibility index (Phi) is 0.763. The fourth-order valence-corrected chi connectivity index (χ4v) is 20.9. The van der Waals surface area contributed by atoms with Crippen LogP contribution in [-0.4, -0.2) is 5.25 Å². The predicted molar refractivity (Wildman–Crippen MR) is 90.1 cm³/mol. The summed E-state index contributed by atoms with van der Waals surface area (Å²) in [5.74, 6) is 17.9. The molecule has 0 aliphatic heterocycles. The van der Waals surface area contributed by atoms with Gasteiger partial charge in [-0.2, -0.15) is 12.6 Å². The number of fused-ring (bicyclic) bond motifs is 10. The molecule has 14 saturated carbocycles. The van der Waals surface area contributed by atoms with Gasteiger partial charge < -0.3 is 0 Å². The van der Waals surface area contributed by atoms with Gasteiger partial charge in [0, 0.05) is 5.25 Å². The van der Waals surface area contributed by atoms with Gasteiger partial charge in [-0.05, 0) is 135 Å². The van der Waals surface area contributed by atoms with Crippen LogP contribution in [0.4, 0.5) is 0 Å². The lowest BCUT2D eigenvalue weighted by atomic mass is 8.72. The molecule has 14 aliphatic carbocycles. The molecule has 14 rings (SSSR count). The molecule has 21 atom stereocenters. The highest BCUT2D eigenvalue weighted by Gasteiger charge is 3.29. The number of hydrogen-bond donors (Lipinski definition) is 1. The van der Waals surface area contributed by atoms with Gasteiger partial charge in [-0.25, -0.2) is 0 Å². The van der Waals surface area contributed by atoms with Crippen molar-refractivity contribution in [3.8, 4) is 0 Å². The van der Waals surface area contributed by atoms with E-state index in [2.05, 4.69) is 0 Å². The van der Waals surface area contributed by atoms with Crippen LogP contribution in [-0.2, 0) is 0 Å². The molecule has 1 heteroatoms. The summed E-state index contributed by atoms with van der Waals surface area (Å²) >= 11 is 5.18. The SMILES string of the molecule is SC1C2CC3C4C5C6C7C8CC9CC%10C%11C%12C%13C%14C1C23C4%14C5%13C6%12C7%11C98%10. The van der Waals surface area contributed by atoms with Crippen molar-refractivity contribution in [3.05, 3.63) is 0 Å². The summed E-state index contributed by atoms with van der Waals surface area (Å²) in [5, 5.41) is 0.861. The molecular formula is C24H22S. The standard InChI is InChI=1S/C24H22S/c25-18-8-3-7-11-13-12-9-5-1-4-2-6-10-14-15-16-17(18)20(7,8)22(11,16)24(13,15)23(12,14)21(9,10)19(4,5)6/h4-18,25H,1-3H2. The predicted octanol–water partition coefficient (Wildman–Crippen LogP) is 3.19. The summed E-state index contributed by atoms with van der Waals surface area (Å²) in [5.41, 5.74) is 6.25. The van der Waals surface area contributed by atoms with Gasteiger partial charge in [0.15, 0.2) is 0 Å². The zero-order chi connectivity index (χ0) is 14.8. The van der Waals surface area contributed by atoms with Gasteiger partial charge in [0.25, 0.3) is 0 Å². The molecule has 0 bridgehead atoms. The highest BCUT2D eigenvalue weighted by molar-refractivity contribution is 7.81. The quantitative estimate of drug-likeness (QED) is 0.642. The monoisotopic (exact) mass is 342 g/mol. The lowest BCUT2D eigenvalue weighted by Crippen LogP contribution is -3.29. The molecule has 0 heterocycles. The average Bonchev–Trinajstić information content (AvgIpc) is 2.48. The van der Waals surface area contributed by atoms with Crippen LogP contribution in [0.2, 0.25) is 0 Å². The molecular weight excluding hydrogens is 320 g/mol. The Balaban J connectivity index is 1.11. The van der Waals surface area contributed by atoms with Crippen LogP contribution in [0.1, 0.15) is 19.3 Å². The second-order valence-electron chi connectivity index (χ2n) is 14.4. The molecule has 6 spiro atoms. The molecule has 0 aromatic carbocycles. The first-order chi connectivity index (χ1) is 12.3. The highest BCUT2D eigenvalue weighted by Crippen LogP contribution is 3.31. The fraction of sp³-hybridized carbons (Fsp3) is 1.00. The lowest BCUT2D eigenvalue weighted by molar-refractivity contribution is -0.856. The van der Waals surface area contributed by atoms with E-state index in [-0.39, 0.29) is 0 Å². The third-order valence-electron chi connectivity index (χ3n) is 17.7. The van der Waals surface area contributed by atoms with Crippen LogP contribution >= 0.6 is 12.6 Å². The summed E-state index contributed by atoms with van der Waals surface area (Å²) in [6.07, 6.45) is 5.06. The van der Waals surface area contributed by atoms with Crippen molar-refractivity contribution in [2.75, 3.05) is 0 Å². The normalized spacial score (nSPS) is 114. The Hall–Kier alpha value is 0.350. The smallest absolute Gasteiger partial charge is 0.00878 e. The van der Waals surface area contributed by atoms with E-state index in [0.29, 0.717) is 0 Å². The van der Waals surface area contributed by atoms with Crippen molar-refractivity contribution in [2.24, 2.45) is 115 Å². The van der Waals surface area contributed by atoms with E-state index in [0.717, 1.165) is 49.6 Å². The van der Waals surface area contributed by atoms with Gasteiger partial charge in [-0.1, -0.05) is 0 Å². The Morgan fingerprint density at radius 2 is 1.00 bits per heavy atom. The Bertz CT molecular complexity index is 1080. The van der Waals surface area contributed by atoms with Crippen LogP contribution in [0.25, 0.3) is 0 Å². The van der Waals surface area contributed by atoms with Crippen LogP contribution < -0.4 is 0 Å². The Morgan fingerprint density at radius 1 is 0.480 bits per heavy atom. The van der Waals surface area contributed by atoms with Crippen molar-refractivity contribution in [1.82, 2.24) is 0 Å². The van der Waals surface area contributed by atoms with Crippen LogP contribution in [0, 0.1) is 115 Å². The molecule has 0 aromatic rings. The van der Waals surface area contributed by atoms with Crippen molar-refractivity contribution in [1.29, 1.82) is 0 Å². The molecule has 0 amide bonds. The van der Waals surface area contributed by atoms with Gasteiger partial charge in [0.1, 0.15) is 0 Å². The maximum atomic E-state index is 5.18. The molecule has 0 N–H and O–H groups in total. The minimum atomic E-state index is 0.861. The van der Waals surface area contributed by atoms with Crippen molar-refractivity contribution >= 4 is 12.6 Å². The van der Waals surface area contributed by atoms with E-state index in [1.54, 1.807) is 19.3 Å². The number of rotatable bonds is 0. The van der Waals surface area contributed by atoms with Crippen molar-refractivity contribution in [2.45, 2.75) is 24.5 Å². The highest BCUT2D eigenvalue weighted by atomic mass is 32.1. The van der Waals surface area contributed by atoms with Crippen molar-refractivity contribution in [3.63, 3.8) is 0 Å². The zero-order valence-electron chi connectivity index (χ0n) is 14.2. The summed E-state index contributed by atoms with van der Waals surface area (Å²) < 4.78 is 0. The van der Waals surface area contributed by atoms with E-state index in [1.807, 2.05) is 0 Å². The van der Waals surface area contributed by atoms with Gasteiger partial charge in [0.05, 0.1) is 0 Å². The third-order valence-corrected chi connectivity index (χ3v) is 18.4. The summed E-state index contributed by atoms with van der Waals surface area (Å²) in [4.78, 5) is 0. The number of thiol groups is 1. The topological polar surface area (TPSA) is 0 Å². The Labute approximate surface area is 152 Å². The van der Waals surface area contributed by atoms with Crippen molar-refractivity contribution < 1.29 is 0 Å². The molecule has 21 unspecified atom stereocenters. The van der Waals surface area contributed by atoms with E-state index >= 15 is 0 Å². The van der Waals surface area contributed by atoms with E-state index < -0.39 is 0 Å². The first-order valence-corrected chi connectivity index (χ1v) is 12.5. The summed E-state index contributed by atoms with van der Waals surface area (Å²) in [6.45, 7) is 0. The molecule has 124 valence electrons. The summed E-state index contributed by atoms with van der Waals surface area (Å²) in [7, 11) is 0. The van der Waals surface area contributed by atoms with E-state index in [1.165, 1.54) is 71.0 Å². The first kappa shape index (κ1) is 10.2. The lowest BCUT2D eigenvalue weighted by Gasteiger charge is -3.31. The van der Waals surface area contributed by atoms with Gasteiger partial charge in [0.2, 0.25) is 0 Å². The van der Waals surface area contributed by atoms with Gasteiger partial charge in [-0.3, -0.25) is 0 Å². The third kappa shape index (κ3) is 0.339. The first-order valence-electron chi connectivity index (χ1n) is 12.0. The minimum absolute atomic E-state index is 0.861. The van der Waals surface area contributed by atoms with Gasteiger partial charge >= 0.3 is 0 Å². The zero-order valence-corrected chi connectivity index (χ0v) is 15.1. The second kappa shape index (κ2) is 1.87. The molecule has 0 nitrogen and oxygen atoms in total. The second-order valence-corrected chi connectivity index (χ2v) is 15.0. The van der Waals surface area contributed by atoms with Crippen LogP contribution in [0.5, 0.6) is 0 Å². The largest absolute Gasteiger partial charge is 0.175 e. The molecule has 14 fully saturated rings. The van der Waals surface area contributed by atoms with Crippen LogP contribution in [0.3, 0.4) is 0 Å².